The number of para-hydroxylation sites is 1. The van der Waals surface area contributed by atoms with Gasteiger partial charge in [-0.1, -0.05) is 12.1 Å². The number of nitrogens with one attached hydrogen (secondary N) is 1. The molecule has 1 unspecified atom stereocenters. The van der Waals surface area contributed by atoms with Crippen molar-refractivity contribution < 1.29 is 28.5 Å². The molecule has 1 aromatic heterocycles. The lowest BCUT2D eigenvalue weighted by atomic mass is 9.80. The number of methoxy groups -OCH3 is 1. The predicted octanol–water partition coefficient (Wildman–Crippen LogP) is 2.89. The maximum atomic E-state index is 13.4. The van der Waals surface area contributed by atoms with Crippen molar-refractivity contribution in [2.75, 3.05) is 34.1 Å². The summed E-state index contributed by atoms with van der Waals surface area (Å²) in [6, 6.07) is 9.31. The van der Waals surface area contributed by atoms with Crippen LogP contribution in [0.25, 0.3) is 0 Å². The van der Waals surface area contributed by atoms with Crippen LogP contribution in [-0.4, -0.2) is 55.9 Å². The number of rotatable bonds is 8. The molecular formula is C26H29N3O6. The fourth-order valence-corrected chi connectivity index (χ4v) is 4.39. The topological polar surface area (TPSA) is 99.2 Å². The minimum atomic E-state index is -0.734. The largest absolute Gasteiger partial charge is 0.466 e. The molecule has 9 nitrogen and oxygen atoms in total. The van der Waals surface area contributed by atoms with Crippen LogP contribution in [0.15, 0.2) is 65.3 Å². The molecule has 2 aliphatic rings. The maximum absolute atomic E-state index is 13.4. The summed E-state index contributed by atoms with van der Waals surface area (Å²) in [6.45, 7) is 5.06. The van der Waals surface area contributed by atoms with Crippen molar-refractivity contribution in [1.82, 2.24) is 15.2 Å². The molecule has 0 saturated carbocycles. The van der Waals surface area contributed by atoms with Gasteiger partial charge in [0.05, 0.1) is 24.2 Å². The van der Waals surface area contributed by atoms with Crippen LogP contribution >= 0.6 is 0 Å². The van der Waals surface area contributed by atoms with Crippen molar-refractivity contribution in [3.05, 3.63) is 76.4 Å². The third-order valence-corrected chi connectivity index (χ3v) is 6.03. The quantitative estimate of drug-likeness (QED) is 0.573. The molecule has 9 heteroatoms. The van der Waals surface area contributed by atoms with Crippen LogP contribution in [0.2, 0.25) is 0 Å². The Balaban J connectivity index is 1.57. The molecule has 0 amide bonds. The minimum Gasteiger partial charge on any atom is -0.466 e. The van der Waals surface area contributed by atoms with Crippen LogP contribution in [0.4, 0.5) is 0 Å². The van der Waals surface area contributed by atoms with Crippen LogP contribution in [0.5, 0.6) is 11.5 Å². The lowest BCUT2D eigenvalue weighted by molar-refractivity contribution is -0.139. The lowest BCUT2D eigenvalue weighted by Crippen LogP contribution is -2.33. The lowest BCUT2D eigenvalue weighted by Gasteiger charge is -2.30. The first-order valence-corrected chi connectivity index (χ1v) is 11.3. The second-order valence-corrected chi connectivity index (χ2v) is 8.44. The third kappa shape index (κ3) is 5.14. The summed E-state index contributed by atoms with van der Waals surface area (Å²) in [7, 11) is 3.27. The number of fused-ring (bicyclic) bond motifs is 1. The summed E-state index contributed by atoms with van der Waals surface area (Å²) in [4.78, 5) is 32.3. The minimum absolute atomic E-state index is 0.0693. The zero-order chi connectivity index (χ0) is 24.9. The molecule has 0 aliphatic carbocycles. The van der Waals surface area contributed by atoms with Crippen LogP contribution < -0.4 is 14.8 Å². The number of hydrogen-bond donors (Lipinski definition) is 1. The van der Waals surface area contributed by atoms with Gasteiger partial charge in [0.2, 0.25) is 6.79 Å². The number of carbonyl (C=O) groups excluding carboxylic acids is 2. The number of likely N-dealkylation sites (N-methyl/N-ethyl adjacent to an activating group) is 1. The molecule has 0 spiro atoms. The number of nitrogens with zero attached hydrogens (tertiary/aromatic N) is 2. The SMILES string of the molecule is COC(=O)C1=C(C)NC(C)=C(C(=O)OCCN(C)Cc2ccncc2)C1c1cccc2c1OCO2. The number of ether oxygens (including phenoxy) is 4. The van der Waals surface area contributed by atoms with E-state index in [4.69, 9.17) is 18.9 Å². The normalized spacial score (nSPS) is 16.9. The molecule has 35 heavy (non-hydrogen) atoms. The van der Waals surface area contributed by atoms with Gasteiger partial charge in [0.15, 0.2) is 11.5 Å². The number of esters is 2. The Hall–Kier alpha value is -3.85. The highest BCUT2D eigenvalue weighted by molar-refractivity contribution is 6.00. The first kappa shape index (κ1) is 24.3. The first-order valence-electron chi connectivity index (χ1n) is 11.3. The molecule has 1 N–H and O–H groups in total. The summed E-state index contributed by atoms with van der Waals surface area (Å²) in [6.07, 6.45) is 3.50. The number of benzene rings is 1. The Morgan fingerprint density at radius 3 is 2.51 bits per heavy atom. The molecule has 4 rings (SSSR count). The van der Waals surface area contributed by atoms with E-state index in [1.165, 1.54) is 7.11 Å². The van der Waals surface area contributed by atoms with Gasteiger partial charge in [-0.3, -0.25) is 9.88 Å². The van der Waals surface area contributed by atoms with Gasteiger partial charge in [0, 0.05) is 42.4 Å². The van der Waals surface area contributed by atoms with Gasteiger partial charge in [-0.05, 0) is 44.7 Å². The van der Waals surface area contributed by atoms with Gasteiger partial charge in [-0.15, -0.1) is 0 Å². The summed E-state index contributed by atoms with van der Waals surface area (Å²) < 4.78 is 22.0. The summed E-state index contributed by atoms with van der Waals surface area (Å²) in [5, 5.41) is 3.14. The number of aromatic nitrogens is 1. The highest BCUT2D eigenvalue weighted by Crippen LogP contribution is 2.47. The number of pyridine rings is 1. The van der Waals surface area contributed by atoms with Crippen molar-refractivity contribution in [1.29, 1.82) is 0 Å². The zero-order valence-corrected chi connectivity index (χ0v) is 20.3. The van der Waals surface area contributed by atoms with E-state index in [1.54, 1.807) is 32.3 Å². The molecule has 0 fully saturated rings. The number of carbonyl (C=O) groups is 2. The van der Waals surface area contributed by atoms with E-state index in [2.05, 4.69) is 15.2 Å². The molecule has 1 atom stereocenters. The maximum Gasteiger partial charge on any atom is 0.336 e. The highest BCUT2D eigenvalue weighted by atomic mass is 16.7. The number of hydrogen-bond acceptors (Lipinski definition) is 9. The van der Waals surface area contributed by atoms with Crippen LogP contribution in [0, 0.1) is 0 Å². The van der Waals surface area contributed by atoms with E-state index in [0.29, 0.717) is 52.7 Å². The molecule has 0 saturated heterocycles. The molecule has 2 aliphatic heterocycles. The Morgan fingerprint density at radius 1 is 1.09 bits per heavy atom. The smallest absolute Gasteiger partial charge is 0.336 e. The Kier molecular flexibility index (Phi) is 7.36. The van der Waals surface area contributed by atoms with Gasteiger partial charge < -0.3 is 24.3 Å². The van der Waals surface area contributed by atoms with E-state index in [9.17, 15) is 9.59 Å². The summed E-state index contributed by atoms with van der Waals surface area (Å²) in [5.74, 6) is -0.716. The Bertz CT molecular complexity index is 1170. The van der Waals surface area contributed by atoms with E-state index < -0.39 is 17.9 Å². The van der Waals surface area contributed by atoms with Gasteiger partial charge >= 0.3 is 11.9 Å². The van der Waals surface area contributed by atoms with Gasteiger partial charge in [0.1, 0.15) is 6.61 Å². The fraction of sp³-hybridized carbons (Fsp3) is 0.346. The van der Waals surface area contributed by atoms with Gasteiger partial charge in [0.25, 0.3) is 0 Å². The molecule has 0 bridgehead atoms. The Morgan fingerprint density at radius 2 is 1.80 bits per heavy atom. The Labute approximate surface area is 204 Å². The van der Waals surface area contributed by atoms with Crippen LogP contribution in [0.3, 0.4) is 0 Å². The van der Waals surface area contributed by atoms with Gasteiger partial charge in [-0.2, -0.15) is 0 Å². The monoisotopic (exact) mass is 479 g/mol. The van der Waals surface area contributed by atoms with Crippen molar-refractivity contribution in [2.24, 2.45) is 0 Å². The molecule has 3 heterocycles. The standard InChI is InChI=1S/C26H29N3O6/c1-16-21(25(30)32-4)23(19-6-5-7-20-24(19)35-15-34-20)22(17(2)28-16)26(31)33-13-12-29(3)14-18-8-10-27-11-9-18/h5-11,23,28H,12-15H2,1-4H3. The molecule has 0 radical (unpaired) electrons. The highest BCUT2D eigenvalue weighted by Gasteiger charge is 2.40. The number of dihydropyridines is 1. The average Bonchev–Trinajstić information content (AvgIpc) is 3.33. The van der Waals surface area contributed by atoms with Crippen molar-refractivity contribution >= 4 is 11.9 Å². The molecule has 184 valence electrons. The van der Waals surface area contributed by atoms with Crippen molar-refractivity contribution in [2.45, 2.75) is 26.3 Å². The van der Waals surface area contributed by atoms with Crippen molar-refractivity contribution in [3.63, 3.8) is 0 Å². The van der Waals surface area contributed by atoms with E-state index in [0.717, 1.165) is 5.56 Å². The zero-order valence-electron chi connectivity index (χ0n) is 20.3. The van der Waals surface area contributed by atoms with E-state index in [-0.39, 0.29) is 13.4 Å². The second-order valence-electron chi connectivity index (χ2n) is 8.44. The predicted molar refractivity (Wildman–Crippen MR) is 127 cm³/mol. The average molecular weight is 480 g/mol. The summed E-state index contributed by atoms with van der Waals surface area (Å²) in [5.41, 5.74) is 3.62. The number of allylic oxidation sites excluding steroid dienone is 2. The fourth-order valence-electron chi connectivity index (χ4n) is 4.39. The van der Waals surface area contributed by atoms with E-state index >= 15 is 0 Å². The first-order chi connectivity index (χ1) is 16.9. The van der Waals surface area contributed by atoms with Gasteiger partial charge in [-0.25, -0.2) is 9.59 Å². The molecular weight excluding hydrogens is 450 g/mol. The second kappa shape index (κ2) is 10.6. The van der Waals surface area contributed by atoms with Crippen molar-refractivity contribution in [3.8, 4) is 11.5 Å². The van der Waals surface area contributed by atoms with Crippen LogP contribution in [0.1, 0.15) is 30.9 Å². The third-order valence-electron chi connectivity index (χ3n) is 6.03. The molecule has 2 aromatic rings. The molecule has 1 aromatic carbocycles. The van der Waals surface area contributed by atoms with E-state index in [1.807, 2.05) is 31.3 Å². The summed E-state index contributed by atoms with van der Waals surface area (Å²) >= 11 is 0. The van der Waals surface area contributed by atoms with Crippen LogP contribution in [-0.2, 0) is 25.6 Å².